The van der Waals surface area contributed by atoms with E-state index < -0.39 is 43.2 Å². The Kier molecular flexibility index (Phi) is 8.38. The summed E-state index contributed by atoms with van der Waals surface area (Å²) < 4.78 is 37.7. The highest BCUT2D eigenvalue weighted by molar-refractivity contribution is 7.52. The topological polar surface area (TPSA) is 144 Å². The molecule has 2 aromatic rings. The normalized spacial score (nSPS) is 21.9. The number of benzene rings is 1. The lowest BCUT2D eigenvalue weighted by Gasteiger charge is -2.26. The van der Waals surface area contributed by atoms with Crippen molar-refractivity contribution in [3.8, 4) is 5.75 Å². The predicted molar refractivity (Wildman–Crippen MR) is 130 cm³/mol. The molecule has 3 N–H and O–H groups in total. The van der Waals surface area contributed by atoms with E-state index in [1.165, 1.54) is 23.8 Å². The van der Waals surface area contributed by atoms with Gasteiger partial charge < -0.3 is 19.7 Å². The van der Waals surface area contributed by atoms with Crippen molar-refractivity contribution in [2.45, 2.75) is 65.5 Å². The molecule has 1 aromatic carbocycles. The van der Waals surface area contributed by atoms with E-state index in [-0.39, 0.29) is 18.5 Å². The van der Waals surface area contributed by atoms with Gasteiger partial charge in [-0.25, -0.2) is 9.36 Å². The van der Waals surface area contributed by atoms with Crippen LogP contribution in [-0.4, -0.2) is 40.4 Å². The van der Waals surface area contributed by atoms with Crippen molar-refractivity contribution in [3.63, 3.8) is 0 Å². The van der Waals surface area contributed by atoms with Crippen LogP contribution in [0.15, 0.2) is 47.4 Å². The summed E-state index contributed by atoms with van der Waals surface area (Å²) in [6, 6.07) is 9.05. The number of rotatable bonds is 10. The summed E-state index contributed by atoms with van der Waals surface area (Å²) in [5.41, 5.74) is 4.61. The largest absolute Gasteiger partial charge is 0.462 e. The van der Waals surface area contributed by atoms with Crippen molar-refractivity contribution >= 4 is 19.5 Å². The first-order chi connectivity index (χ1) is 16.4. The maximum atomic E-state index is 13.6. The highest BCUT2D eigenvalue weighted by Gasteiger charge is 2.44. The zero-order valence-corrected chi connectivity index (χ0v) is 21.4. The van der Waals surface area contributed by atoms with Crippen LogP contribution in [0.5, 0.6) is 5.75 Å². The fourth-order valence-corrected chi connectivity index (χ4v) is 5.28. The van der Waals surface area contributed by atoms with Gasteiger partial charge in [-0.3, -0.25) is 13.9 Å². The molecule has 1 saturated heterocycles. The Hall–Kier alpha value is -2.72. The van der Waals surface area contributed by atoms with E-state index in [0.29, 0.717) is 12.2 Å². The third-order valence-corrected chi connectivity index (χ3v) is 6.95. The monoisotopic (exact) mass is 508 g/mol. The summed E-state index contributed by atoms with van der Waals surface area (Å²) in [6.07, 6.45) is 0.572. The quantitative estimate of drug-likeness (QED) is 0.362. The van der Waals surface area contributed by atoms with Crippen LogP contribution in [0.3, 0.4) is 0 Å². The van der Waals surface area contributed by atoms with E-state index >= 15 is 0 Å². The zero-order valence-electron chi connectivity index (χ0n) is 20.5. The van der Waals surface area contributed by atoms with Gasteiger partial charge in [-0.05, 0) is 45.4 Å². The third kappa shape index (κ3) is 7.14. The van der Waals surface area contributed by atoms with E-state index in [0.717, 1.165) is 0 Å². The summed E-state index contributed by atoms with van der Waals surface area (Å²) in [5, 5.41) is 2.65. The van der Waals surface area contributed by atoms with Gasteiger partial charge in [-0.1, -0.05) is 32.0 Å². The van der Waals surface area contributed by atoms with Gasteiger partial charge in [0.2, 0.25) is 0 Å². The summed E-state index contributed by atoms with van der Waals surface area (Å²) in [6.45, 7) is 8.74. The lowest BCUT2D eigenvalue weighted by atomic mass is 9.87. The van der Waals surface area contributed by atoms with Gasteiger partial charge >= 0.3 is 19.4 Å². The molecule has 1 unspecified atom stereocenters. The Balaban J connectivity index is 1.74. The zero-order chi connectivity index (χ0) is 25.8. The molecular formula is C23H33N4O7P. The van der Waals surface area contributed by atoms with Crippen LogP contribution in [0, 0.1) is 5.41 Å². The molecule has 192 valence electrons. The molecule has 11 nitrogen and oxygen atoms in total. The second kappa shape index (κ2) is 10.9. The molecule has 1 aliphatic rings. The molecule has 0 aliphatic carbocycles. The Morgan fingerprint density at radius 3 is 2.60 bits per heavy atom. The van der Waals surface area contributed by atoms with Crippen molar-refractivity contribution < 1.29 is 27.9 Å². The number of hydrogen-bond acceptors (Lipinski definition) is 9. The standard InChI is InChI=1S/C23H33N4O7P/c1-15(2)32-20(28)16(3)26-35(30,34-17-9-7-6-8-10-17)31-14-18-13-23(4,5)21(33-18)27-12-11-19(24)25-22(27)29/h6-12,15-16,18,21H,13-14H2,1-5H3,(H,26,30)(H2,24,25,29)/t16-,18-,21+,35?/m0/s1. The maximum Gasteiger partial charge on any atom is 0.459 e. The molecule has 2 heterocycles. The van der Waals surface area contributed by atoms with Gasteiger partial charge in [-0.2, -0.15) is 10.1 Å². The van der Waals surface area contributed by atoms with Gasteiger partial charge in [0.05, 0.1) is 18.8 Å². The highest BCUT2D eigenvalue weighted by Crippen LogP contribution is 2.48. The minimum Gasteiger partial charge on any atom is -0.462 e. The number of carbonyl (C=O) groups is 1. The second-order valence-electron chi connectivity index (χ2n) is 9.38. The Labute approximate surface area is 204 Å². The Morgan fingerprint density at radius 1 is 1.29 bits per heavy atom. The van der Waals surface area contributed by atoms with Gasteiger partial charge in [0.1, 0.15) is 23.8 Å². The highest BCUT2D eigenvalue weighted by atomic mass is 31.2. The van der Waals surface area contributed by atoms with E-state index in [2.05, 4.69) is 10.1 Å². The Morgan fingerprint density at radius 2 is 1.97 bits per heavy atom. The fourth-order valence-electron chi connectivity index (χ4n) is 3.76. The van der Waals surface area contributed by atoms with Crippen molar-refractivity contribution in [1.82, 2.24) is 14.6 Å². The summed E-state index contributed by atoms with van der Waals surface area (Å²) in [4.78, 5) is 28.4. The first kappa shape index (κ1) is 26.9. The summed E-state index contributed by atoms with van der Waals surface area (Å²) in [7, 11) is -4.02. The van der Waals surface area contributed by atoms with Crippen molar-refractivity contribution in [2.24, 2.45) is 5.41 Å². The minimum atomic E-state index is -4.02. The predicted octanol–water partition coefficient (Wildman–Crippen LogP) is 3.27. The first-order valence-electron chi connectivity index (χ1n) is 11.4. The van der Waals surface area contributed by atoms with E-state index in [1.807, 2.05) is 13.8 Å². The van der Waals surface area contributed by atoms with Gasteiger partial charge in [-0.15, -0.1) is 0 Å². The number of ether oxygens (including phenoxy) is 2. The number of aromatic nitrogens is 2. The van der Waals surface area contributed by atoms with Crippen LogP contribution in [0.2, 0.25) is 0 Å². The van der Waals surface area contributed by atoms with Crippen molar-refractivity contribution in [3.05, 3.63) is 53.1 Å². The summed E-state index contributed by atoms with van der Waals surface area (Å²) >= 11 is 0. The van der Waals surface area contributed by atoms with Crippen molar-refractivity contribution in [2.75, 3.05) is 12.3 Å². The number of nitrogens with zero attached hydrogens (tertiary/aromatic N) is 2. The van der Waals surface area contributed by atoms with Crippen LogP contribution in [-0.2, 0) is 23.4 Å². The number of nitrogen functional groups attached to an aromatic ring is 1. The molecule has 1 fully saturated rings. The number of nitrogens with two attached hydrogens (primary N) is 1. The van der Waals surface area contributed by atoms with Crippen LogP contribution in [0.25, 0.3) is 0 Å². The smallest absolute Gasteiger partial charge is 0.459 e. The molecule has 0 amide bonds. The average Bonchev–Trinajstić information content (AvgIpc) is 3.06. The molecule has 1 aliphatic heterocycles. The number of esters is 1. The first-order valence-corrected chi connectivity index (χ1v) is 12.9. The SMILES string of the molecule is CC(C)OC(=O)[C@H](C)NP(=O)(OC[C@@H]1CC(C)(C)[C@H](n2ccc(N)nc2=O)O1)Oc1ccccc1. The van der Waals surface area contributed by atoms with Crippen LogP contribution in [0.4, 0.5) is 5.82 Å². The van der Waals surface area contributed by atoms with Crippen LogP contribution in [0.1, 0.15) is 47.3 Å². The van der Waals surface area contributed by atoms with E-state index in [4.69, 9.17) is 24.3 Å². The molecule has 12 heteroatoms. The molecule has 35 heavy (non-hydrogen) atoms. The average molecular weight is 509 g/mol. The molecule has 3 rings (SSSR count). The number of carbonyl (C=O) groups excluding carboxylic acids is 1. The van der Waals surface area contributed by atoms with Crippen LogP contribution >= 0.6 is 7.75 Å². The molecule has 1 aromatic heterocycles. The van der Waals surface area contributed by atoms with E-state index in [1.54, 1.807) is 44.2 Å². The number of hydrogen-bond donors (Lipinski definition) is 2. The molecule has 4 atom stereocenters. The van der Waals surface area contributed by atoms with Gasteiger partial charge in [0.25, 0.3) is 0 Å². The molecule has 0 bridgehead atoms. The van der Waals surface area contributed by atoms with Crippen molar-refractivity contribution in [1.29, 1.82) is 0 Å². The third-order valence-electron chi connectivity index (χ3n) is 5.30. The van der Waals surface area contributed by atoms with E-state index in [9.17, 15) is 14.2 Å². The number of nitrogens with one attached hydrogen (secondary N) is 1. The summed E-state index contributed by atoms with van der Waals surface area (Å²) in [5.74, 6) is -0.163. The lowest BCUT2D eigenvalue weighted by Crippen LogP contribution is -2.36. The van der Waals surface area contributed by atoms with Crippen LogP contribution < -0.4 is 21.0 Å². The number of para-hydroxylation sites is 1. The lowest BCUT2D eigenvalue weighted by molar-refractivity contribution is -0.149. The Bertz CT molecular complexity index is 1120. The molecule has 0 radical (unpaired) electrons. The molecule has 0 spiro atoms. The minimum absolute atomic E-state index is 0.111. The molecular weight excluding hydrogens is 475 g/mol. The van der Waals surface area contributed by atoms with Gasteiger partial charge in [0.15, 0.2) is 0 Å². The fraction of sp³-hybridized carbons (Fsp3) is 0.522. The molecule has 0 saturated carbocycles. The van der Waals surface area contributed by atoms with Gasteiger partial charge in [0, 0.05) is 11.6 Å². The maximum absolute atomic E-state index is 13.6. The second-order valence-corrected chi connectivity index (χ2v) is 11.1. The number of anilines is 1.